The van der Waals surface area contributed by atoms with E-state index in [4.69, 9.17) is 14.2 Å². The third kappa shape index (κ3) is 5.06. The second-order valence-corrected chi connectivity index (χ2v) is 8.91. The molecule has 0 amide bonds. The highest BCUT2D eigenvalue weighted by molar-refractivity contribution is 7.07. The summed E-state index contributed by atoms with van der Waals surface area (Å²) >= 11 is 1.23. The van der Waals surface area contributed by atoms with E-state index >= 15 is 0 Å². The Hall–Kier alpha value is -4.24. The number of methoxy groups -OCH3 is 1. The first-order valence-corrected chi connectivity index (χ1v) is 11.9. The summed E-state index contributed by atoms with van der Waals surface area (Å²) in [4.78, 5) is 42.9. The molecule has 3 aromatic rings. The standard InChI is InChI=1S/C27H24N2O6S/c1-5-14-34-26(32)23-16(2)28-27-29(24(23)19-8-12-20(33-4)13-9-19)25(31)22(36-27)15-18-6-10-21(11-7-18)35-17(3)30/h5-13,15,24H,1,14H2,2-4H3/b22-15+. The second-order valence-electron chi connectivity index (χ2n) is 7.90. The number of esters is 2. The van der Waals surface area contributed by atoms with Crippen LogP contribution in [0.5, 0.6) is 11.5 Å². The minimum atomic E-state index is -0.724. The highest BCUT2D eigenvalue weighted by atomic mass is 32.1. The fourth-order valence-electron chi connectivity index (χ4n) is 3.85. The zero-order chi connectivity index (χ0) is 25.8. The molecule has 8 nitrogen and oxygen atoms in total. The molecule has 0 aliphatic carbocycles. The molecule has 0 radical (unpaired) electrons. The van der Waals surface area contributed by atoms with Crippen molar-refractivity contribution in [3.8, 4) is 11.5 Å². The molecule has 0 bridgehead atoms. The van der Waals surface area contributed by atoms with Crippen LogP contribution in [0, 0.1) is 0 Å². The van der Waals surface area contributed by atoms with Gasteiger partial charge in [0.05, 0.1) is 29.0 Å². The van der Waals surface area contributed by atoms with Crippen molar-refractivity contribution in [3.63, 3.8) is 0 Å². The molecule has 0 N–H and O–H groups in total. The van der Waals surface area contributed by atoms with Crippen LogP contribution >= 0.6 is 11.3 Å². The molecule has 1 aliphatic heterocycles. The van der Waals surface area contributed by atoms with Crippen LogP contribution in [0.1, 0.15) is 31.0 Å². The molecule has 0 saturated carbocycles. The normalized spacial score (nSPS) is 15.1. The van der Waals surface area contributed by atoms with E-state index in [-0.39, 0.29) is 17.7 Å². The molecule has 9 heteroatoms. The summed E-state index contributed by atoms with van der Waals surface area (Å²) < 4.78 is 17.6. The monoisotopic (exact) mass is 504 g/mol. The van der Waals surface area contributed by atoms with Crippen molar-refractivity contribution in [1.29, 1.82) is 0 Å². The molecule has 0 fully saturated rings. The summed E-state index contributed by atoms with van der Waals surface area (Å²) in [6.45, 7) is 6.69. The fourth-order valence-corrected chi connectivity index (χ4v) is 4.89. The van der Waals surface area contributed by atoms with Gasteiger partial charge in [0, 0.05) is 6.92 Å². The summed E-state index contributed by atoms with van der Waals surface area (Å²) in [6, 6.07) is 13.3. The molecule has 2 heterocycles. The number of rotatable bonds is 7. The SMILES string of the molecule is C=CCOC(=O)C1=C(C)N=c2s/c(=C/c3ccc(OC(C)=O)cc3)c(=O)n2C1c1ccc(OC)cc1. The summed E-state index contributed by atoms with van der Waals surface area (Å²) in [6.07, 6.45) is 3.22. The van der Waals surface area contributed by atoms with Gasteiger partial charge in [-0.25, -0.2) is 9.79 Å². The van der Waals surface area contributed by atoms with Crippen LogP contribution in [0.4, 0.5) is 0 Å². The van der Waals surface area contributed by atoms with Gasteiger partial charge in [0.1, 0.15) is 18.1 Å². The zero-order valence-corrected chi connectivity index (χ0v) is 20.8. The molecule has 1 aliphatic rings. The largest absolute Gasteiger partial charge is 0.497 e. The Labute approximate surface area is 211 Å². The molecule has 184 valence electrons. The van der Waals surface area contributed by atoms with E-state index in [0.717, 1.165) is 5.56 Å². The van der Waals surface area contributed by atoms with Crippen molar-refractivity contribution >= 4 is 29.4 Å². The number of hydrogen-bond acceptors (Lipinski definition) is 8. The summed E-state index contributed by atoms with van der Waals surface area (Å²) in [5.41, 5.74) is 1.94. The molecule has 1 aromatic heterocycles. The van der Waals surface area contributed by atoms with Gasteiger partial charge >= 0.3 is 11.9 Å². The Morgan fingerprint density at radius 3 is 2.39 bits per heavy atom. The summed E-state index contributed by atoms with van der Waals surface area (Å²) in [5, 5.41) is 0. The van der Waals surface area contributed by atoms with Gasteiger partial charge in [-0.1, -0.05) is 48.3 Å². The van der Waals surface area contributed by atoms with E-state index in [9.17, 15) is 14.4 Å². The first-order chi connectivity index (χ1) is 17.3. The van der Waals surface area contributed by atoms with E-state index in [1.807, 2.05) is 12.1 Å². The highest BCUT2D eigenvalue weighted by Crippen LogP contribution is 2.31. The predicted molar refractivity (Wildman–Crippen MR) is 136 cm³/mol. The summed E-state index contributed by atoms with van der Waals surface area (Å²) in [5.74, 6) is 0.0958. The van der Waals surface area contributed by atoms with Crippen LogP contribution in [0.2, 0.25) is 0 Å². The van der Waals surface area contributed by atoms with Crippen molar-refractivity contribution in [1.82, 2.24) is 4.57 Å². The predicted octanol–water partition coefficient (Wildman–Crippen LogP) is 2.90. The van der Waals surface area contributed by atoms with Gasteiger partial charge in [0.25, 0.3) is 5.56 Å². The molecule has 1 atom stereocenters. The van der Waals surface area contributed by atoms with Gasteiger partial charge in [-0.2, -0.15) is 0 Å². The lowest BCUT2D eigenvalue weighted by molar-refractivity contribution is -0.138. The fraction of sp³-hybridized carbons (Fsp3) is 0.185. The maximum atomic E-state index is 13.6. The molecule has 0 saturated heterocycles. The van der Waals surface area contributed by atoms with Gasteiger partial charge in [-0.05, 0) is 48.4 Å². The molecular weight excluding hydrogens is 480 g/mol. The average molecular weight is 505 g/mol. The van der Waals surface area contributed by atoms with Crippen molar-refractivity contribution in [2.24, 2.45) is 4.99 Å². The van der Waals surface area contributed by atoms with Gasteiger partial charge in [-0.15, -0.1) is 0 Å². The van der Waals surface area contributed by atoms with Gasteiger partial charge in [-0.3, -0.25) is 14.2 Å². The van der Waals surface area contributed by atoms with Crippen molar-refractivity contribution < 1.29 is 23.8 Å². The number of thiazole rings is 1. The minimum absolute atomic E-state index is 0.0404. The Morgan fingerprint density at radius 2 is 1.78 bits per heavy atom. The molecule has 1 unspecified atom stereocenters. The van der Waals surface area contributed by atoms with Gasteiger partial charge in [0.2, 0.25) is 0 Å². The number of fused-ring (bicyclic) bond motifs is 1. The number of nitrogens with zero attached hydrogens (tertiary/aromatic N) is 2. The van der Waals surface area contributed by atoms with Crippen molar-refractivity contribution in [2.45, 2.75) is 19.9 Å². The van der Waals surface area contributed by atoms with E-state index in [1.165, 1.54) is 28.9 Å². The first-order valence-electron chi connectivity index (χ1n) is 11.1. The number of hydrogen-bond donors (Lipinski definition) is 0. The van der Waals surface area contributed by atoms with Gasteiger partial charge < -0.3 is 14.2 Å². The van der Waals surface area contributed by atoms with Crippen LogP contribution < -0.4 is 24.4 Å². The zero-order valence-electron chi connectivity index (χ0n) is 20.0. The quantitative estimate of drug-likeness (QED) is 0.279. The van der Waals surface area contributed by atoms with E-state index in [0.29, 0.717) is 32.1 Å². The Kier molecular flexibility index (Phi) is 7.30. The van der Waals surface area contributed by atoms with E-state index in [1.54, 1.807) is 56.5 Å². The third-order valence-corrected chi connectivity index (χ3v) is 6.43. The van der Waals surface area contributed by atoms with Crippen LogP contribution in [0.15, 0.2) is 82.2 Å². The number of carbonyl (C=O) groups excluding carboxylic acids is 2. The highest BCUT2D eigenvalue weighted by Gasteiger charge is 2.33. The van der Waals surface area contributed by atoms with Crippen molar-refractivity contribution in [3.05, 3.63) is 103 Å². The van der Waals surface area contributed by atoms with Crippen LogP contribution in [-0.4, -0.2) is 30.2 Å². The lowest BCUT2D eigenvalue weighted by Crippen LogP contribution is -2.39. The minimum Gasteiger partial charge on any atom is -0.497 e. The van der Waals surface area contributed by atoms with Crippen molar-refractivity contribution in [2.75, 3.05) is 13.7 Å². The number of ether oxygens (including phenoxy) is 3. The third-order valence-electron chi connectivity index (χ3n) is 5.44. The topological polar surface area (TPSA) is 96.2 Å². The Bertz CT molecular complexity index is 1530. The van der Waals surface area contributed by atoms with E-state index in [2.05, 4.69) is 11.6 Å². The molecule has 2 aromatic carbocycles. The molecular formula is C27H24N2O6S. The van der Waals surface area contributed by atoms with Crippen LogP contribution in [0.25, 0.3) is 6.08 Å². The molecule has 4 rings (SSSR count). The summed E-state index contributed by atoms with van der Waals surface area (Å²) in [7, 11) is 1.57. The lowest BCUT2D eigenvalue weighted by atomic mass is 9.96. The maximum Gasteiger partial charge on any atom is 0.338 e. The van der Waals surface area contributed by atoms with Gasteiger partial charge in [0.15, 0.2) is 4.80 Å². The number of carbonyl (C=O) groups is 2. The average Bonchev–Trinajstić information content (AvgIpc) is 3.16. The smallest absolute Gasteiger partial charge is 0.338 e. The lowest BCUT2D eigenvalue weighted by Gasteiger charge is -2.24. The Balaban J connectivity index is 1.84. The first kappa shape index (κ1) is 24.9. The second kappa shape index (κ2) is 10.6. The Morgan fingerprint density at radius 1 is 1.11 bits per heavy atom. The van der Waals surface area contributed by atoms with E-state index < -0.39 is 18.0 Å². The number of allylic oxidation sites excluding steroid dienone is 1. The molecule has 0 spiro atoms. The number of benzene rings is 2. The maximum absolute atomic E-state index is 13.6. The van der Waals surface area contributed by atoms with Crippen LogP contribution in [-0.2, 0) is 14.3 Å². The number of aromatic nitrogens is 1. The molecule has 36 heavy (non-hydrogen) atoms. The van der Waals surface area contributed by atoms with Crippen LogP contribution in [0.3, 0.4) is 0 Å².